The van der Waals surface area contributed by atoms with Crippen LogP contribution < -0.4 is 10.1 Å². The fourth-order valence-corrected chi connectivity index (χ4v) is 5.73. The van der Waals surface area contributed by atoms with Gasteiger partial charge >= 0.3 is 0 Å². The highest BCUT2D eigenvalue weighted by molar-refractivity contribution is 7.85. The molecule has 0 saturated carbocycles. The van der Waals surface area contributed by atoms with Crippen molar-refractivity contribution in [1.82, 2.24) is 5.32 Å². The van der Waals surface area contributed by atoms with Crippen LogP contribution in [0.15, 0.2) is 48.5 Å². The topological polar surface area (TPSA) is 122 Å². The molecule has 0 heterocycles. The maximum absolute atomic E-state index is 13.2. The second-order valence-electron chi connectivity index (χ2n) is 10.6. The Labute approximate surface area is 227 Å². The van der Waals surface area contributed by atoms with Crippen LogP contribution in [0, 0.1) is 5.92 Å². The summed E-state index contributed by atoms with van der Waals surface area (Å²) in [4.78, 5) is 13.2. The summed E-state index contributed by atoms with van der Waals surface area (Å²) in [6.07, 6.45) is 1.55. The van der Waals surface area contributed by atoms with Crippen LogP contribution >= 0.6 is 0 Å². The number of aromatic hydroxyl groups is 1. The van der Waals surface area contributed by atoms with Crippen LogP contribution in [0.1, 0.15) is 83.8 Å². The average molecular weight is 550 g/mol. The normalized spacial score (nSPS) is 15.3. The van der Waals surface area contributed by atoms with Gasteiger partial charge in [0.25, 0.3) is 10.1 Å². The lowest BCUT2D eigenvalue weighted by molar-refractivity contribution is -0.126. The second kappa shape index (κ2) is 14.0. The molecular formula is C29H43NO7S. The van der Waals surface area contributed by atoms with Crippen molar-refractivity contribution in [2.75, 3.05) is 12.4 Å². The van der Waals surface area contributed by atoms with E-state index in [1.807, 2.05) is 57.2 Å². The number of hydrogen-bond acceptors (Lipinski definition) is 6. The summed E-state index contributed by atoms with van der Waals surface area (Å²) in [7, 11) is -4.24. The monoisotopic (exact) mass is 549 g/mol. The Morgan fingerprint density at radius 2 is 1.55 bits per heavy atom. The molecule has 0 fully saturated rings. The van der Waals surface area contributed by atoms with Crippen molar-refractivity contribution in [3.63, 3.8) is 0 Å². The largest absolute Gasteiger partial charge is 0.508 e. The number of ether oxygens (including phenoxy) is 2. The van der Waals surface area contributed by atoms with Crippen molar-refractivity contribution in [2.24, 2.45) is 5.92 Å². The predicted octanol–water partition coefficient (Wildman–Crippen LogP) is 5.63. The summed E-state index contributed by atoms with van der Waals surface area (Å²) in [5.41, 5.74) is 1.05. The van der Waals surface area contributed by atoms with Gasteiger partial charge in [-0.3, -0.25) is 9.35 Å². The summed E-state index contributed by atoms with van der Waals surface area (Å²) < 4.78 is 43.2. The van der Waals surface area contributed by atoms with Crippen LogP contribution in [0.4, 0.5) is 0 Å². The molecule has 4 unspecified atom stereocenters. The van der Waals surface area contributed by atoms with Crippen LogP contribution in [0.5, 0.6) is 11.5 Å². The summed E-state index contributed by atoms with van der Waals surface area (Å²) in [6, 6.07) is 15.0. The third-order valence-corrected chi connectivity index (χ3v) is 7.68. The van der Waals surface area contributed by atoms with Crippen molar-refractivity contribution in [3.8, 4) is 11.5 Å². The highest BCUT2D eigenvalue weighted by Crippen LogP contribution is 2.36. The lowest BCUT2D eigenvalue weighted by Gasteiger charge is -2.30. The zero-order valence-electron chi connectivity index (χ0n) is 23.3. The smallest absolute Gasteiger partial charge is 0.267 e. The molecule has 212 valence electrons. The number of carbonyl (C=O) groups is 1. The maximum atomic E-state index is 13.2. The highest BCUT2D eigenvalue weighted by atomic mass is 32.2. The number of rotatable bonds is 15. The first kappa shape index (κ1) is 31.6. The lowest BCUT2D eigenvalue weighted by atomic mass is 9.80. The number of nitrogens with one attached hydrogen (secondary N) is 1. The van der Waals surface area contributed by atoms with Gasteiger partial charge in [0.05, 0.1) is 11.3 Å². The van der Waals surface area contributed by atoms with E-state index < -0.39 is 21.4 Å². The molecule has 0 spiro atoms. The molecule has 2 aromatic rings. The molecule has 3 N–H and O–H groups in total. The van der Waals surface area contributed by atoms with E-state index in [0.717, 1.165) is 23.3 Å². The number of hydrogen-bond donors (Lipinski definition) is 3. The van der Waals surface area contributed by atoms with E-state index in [1.54, 1.807) is 26.0 Å². The Kier molecular flexibility index (Phi) is 11.6. The van der Waals surface area contributed by atoms with Gasteiger partial charge in [-0.2, -0.15) is 8.42 Å². The van der Waals surface area contributed by atoms with E-state index in [9.17, 15) is 22.9 Å². The van der Waals surface area contributed by atoms with Crippen LogP contribution in [0.25, 0.3) is 0 Å². The van der Waals surface area contributed by atoms with Gasteiger partial charge in [-0.1, -0.05) is 38.1 Å². The zero-order valence-corrected chi connectivity index (χ0v) is 24.1. The number of benzene rings is 2. The number of carbonyl (C=O) groups excluding carboxylic acids is 1. The van der Waals surface area contributed by atoms with Gasteiger partial charge in [-0.15, -0.1) is 0 Å². The fraction of sp³-hybridized carbons (Fsp3) is 0.552. The molecule has 0 bridgehead atoms. The van der Waals surface area contributed by atoms with E-state index in [2.05, 4.69) is 12.2 Å². The van der Waals surface area contributed by atoms with Crippen molar-refractivity contribution in [1.29, 1.82) is 0 Å². The minimum Gasteiger partial charge on any atom is -0.508 e. The average Bonchev–Trinajstić information content (AvgIpc) is 2.80. The standard InChI is InChI=1S/C29H43NO7S/c1-7-22(28(32)30-29(5,6)19-38(33,34)35)18-25(24-9-13-26(31)14-10-24)17-20(3)23-11-15-27(16-12-23)37-21(4)36-8-2/h9-16,20-22,25,31H,7-8,17-19H2,1-6H3,(H,30,32)(H,33,34,35). The fourth-order valence-electron chi connectivity index (χ4n) is 4.74. The molecule has 0 aromatic heterocycles. The third-order valence-electron chi connectivity index (χ3n) is 6.59. The summed E-state index contributed by atoms with van der Waals surface area (Å²) >= 11 is 0. The molecule has 9 heteroatoms. The number of phenolic OH excluding ortho intramolecular Hbond substituents is 1. The Morgan fingerprint density at radius 1 is 0.974 bits per heavy atom. The van der Waals surface area contributed by atoms with Gasteiger partial charge in [0.1, 0.15) is 11.5 Å². The molecule has 0 aliphatic rings. The zero-order chi connectivity index (χ0) is 28.5. The maximum Gasteiger partial charge on any atom is 0.267 e. The summed E-state index contributed by atoms with van der Waals surface area (Å²) in [6.45, 7) is 11.6. The van der Waals surface area contributed by atoms with Gasteiger partial charge in [0.2, 0.25) is 5.91 Å². The first-order valence-corrected chi connectivity index (χ1v) is 14.8. The van der Waals surface area contributed by atoms with Gasteiger partial charge in [0.15, 0.2) is 6.29 Å². The van der Waals surface area contributed by atoms with Crippen LogP contribution in [0.3, 0.4) is 0 Å². The molecule has 0 saturated heterocycles. The molecular weight excluding hydrogens is 506 g/mol. The van der Waals surface area contributed by atoms with Crippen molar-refractivity contribution in [2.45, 2.75) is 84.5 Å². The summed E-state index contributed by atoms with van der Waals surface area (Å²) in [5.74, 6) is -0.0890. The van der Waals surface area contributed by atoms with Gasteiger partial charge < -0.3 is 19.9 Å². The predicted molar refractivity (Wildman–Crippen MR) is 149 cm³/mol. The van der Waals surface area contributed by atoms with E-state index >= 15 is 0 Å². The van der Waals surface area contributed by atoms with E-state index in [0.29, 0.717) is 19.4 Å². The Bertz CT molecular complexity index is 1110. The molecule has 8 nitrogen and oxygen atoms in total. The lowest BCUT2D eigenvalue weighted by Crippen LogP contribution is -2.50. The third kappa shape index (κ3) is 10.6. The molecule has 1 amide bonds. The highest BCUT2D eigenvalue weighted by Gasteiger charge is 2.31. The molecule has 0 aliphatic carbocycles. The molecule has 0 aliphatic heterocycles. The number of phenols is 1. The molecule has 4 atom stereocenters. The van der Waals surface area contributed by atoms with Crippen LogP contribution in [-0.4, -0.2) is 48.2 Å². The molecule has 2 rings (SSSR count). The Hall–Kier alpha value is -2.62. The quantitative estimate of drug-likeness (QED) is 0.194. The minimum absolute atomic E-state index is 0.0138. The van der Waals surface area contributed by atoms with Gasteiger partial charge in [-0.05, 0) is 94.2 Å². The number of amides is 1. The first-order valence-electron chi connectivity index (χ1n) is 13.2. The van der Waals surface area contributed by atoms with Crippen molar-refractivity contribution >= 4 is 16.0 Å². The van der Waals surface area contributed by atoms with Crippen molar-refractivity contribution in [3.05, 3.63) is 59.7 Å². The Balaban J connectivity index is 2.20. The summed E-state index contributed by atoms with van der Waals surface area (Å²) in [5, 5.41) is 12.6. The Morgan fingerprint density at radius 3 is 2.08 bits per heavy atom. The van der Waals surface area contributed by atoms with Crippen LogP contribution in [0.2, 0.25) is 0 Å². The van der Waals surface area contributed by atoms with E-state index in [4.69, 9.17) is 9.47 Å². The molecule has 38 heavy (non-hydrogen) atoms. The van der Waals surface area contributed by atoms with E-state index in [-0.39, 0.29) is 35.7 Å². The molecule has 0 radical (unpaired) electrons. The van der Waals surface area contributed by atoms with E-state index in [1.165, 1.54) is 0 Å². The first-order chi connectivity index (χ1) is 17.7. The second-order valence-corrected chi connectivity index (χ2v) is 12.0. The minimum atomic E-state index is -4.24. The van der Waals surface area contributed by atoms with Crippen LogP contribution in [-0.2, 0) is 19.6 Å². The van der Waals surface area contributed by atoms with Gasteiger partial charge in [0, 0.05) is 12.5 Å². The SMILES string of the molecule is CCOC(C)Oc1ccc(C(C)CC(CC(CC)C(=O)NC(C)(C)CS(=O)(=O)O)c2ccc(O)cc2)cc1. The van der Waals surface area contributed by atoms with Crippen molar-refractivity contribution < 1.29 is 32.3 Å². The molecule has 2 aromatic carbocycles. The van der Waals surface area contributed by atoms with Gasteiger partial charge in [-0.25, -0.2) is 0 Å².